The summed E-state index contributed by atoms with van der Waals surface area (Å²) in [6.45, 7) is 3.71. The zero-order valence-corrected chi connectivity index (χ0v) is 19.3. The molecule has 1 fully saturated rings. The maximum absolute atomic E-state index is 12.8. The highest BCUT2D eigenvalue weighted by atomic mass is 16.4. The van der Waals surface area contributed by atoms with E-state index in [2.05, 4.69) is 15.5 Å². The van der Waals surface area contributed by atoms with E-state index in [1.54, 1.807) is 25.3 Å². The number of nitrogens with one attached hydrogen (secondary N) is 2. The zero-order valence-electron chi connectivity index (χ0n) is 19.3. The molecule has 7 nitrogen and oxygen atoms in total. The van der Waals surface area contributed by atoms with Gasteiger partial charge in [0.2, 0.25) is 0 Å². The van der Waals surface area contributed by atoms with Crippen molar-refractivity contribution in [2.75, 3.05) is 6.61 Å². The van der Waals surface area contributed by atoms with Gasteiger partial charge in [0.1, 0.15) is 0 Å². The zero-order chi connectivity index (χ0) is 24.3. The molecule has 1 heterocycles. The van der Waals surface area contributed by atoms with E-state index in [0.29, 0.717) is 17.5 Å². The Morgan fingerprint density at radius 2 is 1.82 bits per heavy atom. The minimum atomic E-state index is -0.773. The van der Waals surface area contributed by atoms with Gasteiger partial charge in [0.05, 0.1) is 17.6 Å². The first kappa shape index (κ1) is 23.4. The van der Waals surface area contributed by atoms with Crippen LogP contribution >= 0.6 is 0 Å². The van der Waals surface area contributed by atoms with Crippen molar-refractivity contribution >= 4 is 12.1 Å². The third-order valence-electron chi connectivity index (χ3n) is 6.84. The number of carbonyl (C=O) groups is 1. The van der Waals surface area contributed by atoms with Crippen LogP contribution in [0.4, 0.5) is 0 Å². The molecule has 1 amide bonds. The molecule has 1 atom stereocenters. The molecule has 4 rings (SSSR count). The van der Waals surface area contributed by atoms with E-state index in [4.69, 9.17) is 0 Å². The molecule has 1 aliphatic carbocycles. The van der Waals surface area contributed by atoms with E-state index in [9.17, 15) is 19.9 Å². The van der Waals surface area contributed by atoms with Crippen LogP contribution in [0.3, 0.4) is 0 Å². The summed E-state index contributed by atoms with van der Waals surface area (Å²) in [5, 5.41) is 25.1. The Morgan fingerprint density at radius 1 is 1.12 bits per heavy atom. The van der Waals surface area contributed by atoms with E-state index in [-0.39, 0.29) is 18.1 Å². The Balaban J connectivity index is 1.86. The lowest BCUT2D eigenvalue weighted by molar-refractivity contribution is 0.0906. The van der Waals surface area contributed by atoms with E-state index in [1.807, 2.05) is 49.4 Å². The number of aromatic nitrogens is 1. The summed E-state index contributed by atoms with van der Waals surface area (Å²) in [5.74, 6) is -0.226. The van der Waals surface area contributed by atoms with Gasteiger partial charge in [0.25, 0.3) is 11.5 Å². The van der Waals surface area contributed by atoms with E-state index < -0.39 is 11.0 Å². The number of nitrogens with zero attached hydrogens (tertiary/aromatic N) is 1. The van der Waals surface area contributed by atoms with Crippen molar-refractivity contribution in [2.45, 2.75) is 44.1 Å². The molecule has 4 N–H and O–H groups in total. The van der Waals surface area contributed by atoms with Crippen LogP contribution in [-0.2, 0) is 5.41 Å². The molecule has 0 aliphatic heterocycles. The fourth-order valence-corrected chi connectivity index (χ4v) is 4.59. The third-order valence-corrected chi connectivity index (χ3v) is 6.84. The summed E-state index contributed by atoms with van der Waals surface area (Å²) in [5.41, 5.74) is 3.40. The topological polar surface area (TPSA) is 115 Å². The number of oxime groups is 1. The molecule has 0 saturated heterocycles. The number of rotatable bonds is 8. The molecule has 0 spiro atoms. The molecule has 3 aromatic rings. The number of aryl methyl sites for hydroxylation is 2. The summed E-state index contributed by atoms with van der Waals surface area (Å²) in [6.07, 6.45) is 5.03. The van der Waals surface area contributed by atoms with Gasteiger partial charge >= 0.3 is 0 Å². The van der Waals surface area contributed by atoms with Crippen molar-refractivity contribution in [2.24, 2.45) is 5.16 Å². The van der Waals surface area contributed by atoms with Crippen molar-refractivity contribution in [3.8, 4) is 0 Å². The summed E-state index contributed by atoms with van der Waals surface area (Å²) >= 11 is 0. The van der Waals surface area contributed by atoms with Gasteiger partial charge in [-0.3, -0.25) is 9.59 Å². The van der Waals surface area contributed by atoms with Gasteiger partial charge in [-0.25, -0.2) is 0 Å². The molecular formula is C27H29N3O4. The molecule has 0 bridgehead atoms. The lowest BCUT2D eigenvalue weighted by Gasteiger charge is -2.36. The van der Waals surface area contributed by atoms with Crippen molar-refractivity contribution in [3.63, 3.8) is 0 Å². The van der Waals surface area contributed by atoms with E-state index in [0.717, 1.165) is 35.1 Å². The van der Waals surface area contributed by atoms with Crippen molar-refractivity contribution in [1.82, 2.24) is 10.3 Å². The molecule has 34 heavy (non-hydrogen) atoms. The van der Waals surface area contributed by atoms with Crippen LogP contribution in [0.5, 0.6) is 0 Å². The summed E-state index contributed by atoms with van der Waals surface area (Å²) in [4.78, 5) is 27.7. The smallest absolute Gasteiger partial charge is 0.251 e. The normalized spacial score (nSPS) is 16.2. The number of hydrogen-bond acceptors (Lipinski definition) is 5. The Bertz CT molecular complexity index is 1280. The first-order valence-electron chi connectivity index (χ1n) is 11.3. The molecule has 7 heteroatoms. The average Bonchev–Trinajstić information content (AvgIpc) is 3.62. The Labute approximate surface area is 198 Å². The van der Waals surface area contributed by atoms with Crippen LogP contribution in [0.25, 0.3) is 0 Å². The standard InChI is InChI=1S/C27H29N3O4/c1-18-5-3-4-6-23(18)27(13-14-29-34,22-15-19(2)24(32)28-16-22)21-9-7-20(8-10-21)25(33)30-26(17-31)11-12-26/h3-10,14-16,31,34H,11-13,17H2,1-2H3,(H,28,32)(H,30,33)/b29-14+. The maximum Gasteiger partial charge on any atom is 0.251 e. The lowest BCUT2D eigenvalue weighted by atomic mass is 9.66. The average molecular weight is 460 g/mol. The second-order valence-electron chi connectivity index (χ2n) is 9.09. The van der Waals surface area contributed by atoms with Crippen LogP contribution in [0.1, 0.15) is 57.4 Å². The van der Waals surface area contributed by atoms with Crippen LogP contribution in [-0.4, -0.2) is 39.6 Å². The molecule has 1 unspecified atom stereocenters. The van der Waals surface area contributed by atoms with Gasteiger partial charge in [-0.15, -0.1) is 5.16 Å². The summed E-state index contributed by atoms with van der Waals surface area (Å²) < 4.78 is 0. The summed E-state index contributed by atoms with van der Waals surface area (Å²) in [6, 6.07) is 17.1. The van der Waals surface area contributed by atoms with Crippen molar-refractivity contribution < 1.29 is 15.1 Å². The highest BCUT2D eigenvalue weighted by Gasteiger charge is 2.43. The van der Waals surface area contributed by atoms with E-state index in [1.165, 1.54) is 6.21 Å². The monoisotopic (exact) mass is 459 g/mol. The van der Waals surface area contributed by atoms with Crippen molar-refractivity contribution in [1.29, 1.82) is 0 Å². The number of carbonyl (C=O) groups excluding carboxylic acids is 1. The molecule has 1 aromatic heterocycles. The predicted octanol–water partition coefficient (Wildman–Crippen LogP) is 3.43. The maximum atomic E-state index is 12.8. The Hall–Kier alpha value is -3.71. The van der Waals surface area contributed by atoms with E-state index >= 15 is 0 Å². The van der Waals surface area contributed by atoms with Crippen LogP contribution < -0.4 is 10.9 Å². The van der Waals surface area contributed by atoms with Crippen LogP contribution in [0, 0.1) is 13.8 Å². The van der Waals surface area contributed by atoms with Crippen LogP contribution in [0.2, 0.25) is 0 Å². The van der Waals surface area contributed by atoms with Gasteiger partial charge in [-0.05, 0) is 67.1 Å². The van der Waals surface area contributed by atoms with Gasteiger partial charge in [0, 0.05) is 30.0 Å². The number of benzene rings is 2. The number of hydrogen-bond donors (Lipinski definition) is 4. The molecular weight excluding hydrogens is 430 g/mol. The van der Waals surface area contributed by atoms with Gasteiger partial charge in [-0.1, -0.05) is 36.4 Å². The Morgan fingerprint density at radius 3 is 2.41 bits per heavy atom. The van der Waals surface area contributed by atoms with Gasteiger partial charge in [-0.2, -0.15) is 0 Å². The predicted molar refractivity (Wildman–Crippen MR) is 131 cm³/mol. The minimum Gasteiger partial charge on any atom is -0.411 e. The minimum absolute atomic E-state index is 0.0702. The fraction of sp³-hybridized carbons (Fsp3) is 0.296. The van der Waals surface area contributed by atoms with Gasteiger partial charge in [0.15, 0.2) is 0 Å². The number of H-pyrrole nitrogens is 1. The van der Waals surface area contributed by atoms with Crippen LogP contribution in [0.15, 0.2) is 70.7 Å². The molecule has 0 radical (unpaired) electrons. The number of aromatic amines is 1. The highest BCUT2D eigenvalue weighted by Crippen LogP contribution is 2.43. The molecule has 1 saturated carbocycles. The second-order valence-corrected chi connectivity index (χ2v) is 9.09. The Kier molecular flexibility index (Phi) is 6.39. The van der Waals surface area contributed by atoms with Gasteiger partial charge < -0.3 is 20.6 Å². The molecule has 176 valence electrons. The number of pyridine rings is 1. The number of aliphatic hydroxyl groups is 1. The first-order chi connectivity index (χ1) is 16.3. The SMILES string of the molecule is Cc1ccccc1C(C/C=N/O)(c1ccc(C(=O)NC2(CO)CC2)cc1)c1c[nH]c(=O)c(C)c1. The largest absolute Gasteiger partial charge is 0.411 e. The lowest BCUT2D eigenvalue weighted by Crippen LogP contribution is -2.39. The second kappa shape index (κ2) is 9.27. The van der Waals surface area contributed by atoms with Crippen molar-refractivity contribution in [3.05, 3.63) is 105 Å². The quantitative estimate of drug-likeness (QED) is 0.235. The highest BCUT2D eigenvalue weighted by molar-refractivity contribution is 5.95. The molecule has 1 aliphatic rings. The molecule has 2 aromatic carbocycles. The first-order valence-corrected chi connectivity index (χ1v) is 11.3. The number of amides is 1. The fourth-order valence-electron chi connectivity index (χ4n) is 4.59. The summed E-state index contributed by atoms with van der Waals surface area (Å²) in [7, 11) is 0. The third kappa shape index (κ3) is 4.26. The number of aliphatic hydroxyl groups excluding tert-OH is 1.